The van der Waals surface area contributed by atoms with Gasteiger partial charge in [0.25, 0.3) is 0 Å². The van der Waals surface area contributed by atoms with Crippen molar-refractivity contribution in [2.75, 3.05) is 0 Å². The predicted octanol–water partition coefficient (Wildman–Crippen LogP) is 2.76. The average Bonchev–Trinajstić information content (AvgIpc) is 2.06. The molecular weight excluding hydrogens is 154 g/mol. The van der Waals surface area contributed by atoms with E-state index >= 15 is 0 Å². The maximum atomic E-state index is 4.26. The highest BCUT2D eigenvalue weighted by molar-refractivity contribution is 7.84. The van der Waals surface area contributed by atoms with E-state index in [1.807, 2.05) is 24.3 Å². The van der Waals surface area contributed by atoms with Crippen molar-refractivity contribution < 1.29 is 0 Å². The average molecular weight is 165 g/mol. The second-order valence-electron chi connectivity index (χ2n) is 2.24. The molecule has 0 fully saturated rings. The van der Waals surface area contributed by atoms with E-state index < -0.39 is 0 Å². The Balaban J connectivity index is 2.79. The van der Waals surface area contributed by atoms with Gasteiger partial charge in [-0.15, -0.1) is 12.6 Å². The molecule has 1 aromatic heterocycles. The first-order chi connectivity index (χ1) is 5.33. The van der Waals surface area contributed by atoms with Crippen molar-refractivity contribution in [2.45, 2.75) is 13.3 Å². The van der Waals surface area contributed by atoms with E-state index in [9.17, 15) is 0 Å². The first kappa shape index (κ1) is 8.34. The van der Waals surface area contributed by atoms with E-state index in [1.165, 1.54) is 0 Å². The fraction of sp³-hybridized carbons (Fsp3) is 0.222. The van der Waals surface area contributed by atoms with E-state index in [2.05, 4.69) is 24.5 Å². The molecule has 0 radical (unpaired) electrons. The smallest absolute Gasteiger partial charge is 0.0637 e. The Hall–Kier alpha value is -0.760. The second kappa shape index (κ2) is 4.19. The summed E-state index contributed by atoms with van der Waals surface area (Å²) in [7, 11) is 0. The lowest BCUT2D eigenvalue weighted by atomic mass is 10.3. The Morgan fingerprint density at radius 1 is 1.64 bits per heavy atom. The molecular formula is C9H11NS. The van der Waals surface area contributed by atoms with Crippen LogP contribution in [0.15, 0.2) is 29.3 Å². The molecule has 1 aromatic rings. The summed E-state index contributed by atoms with van der Waals surface area (Å²) in [5, 5.41) is 0. The molecule has 0 N–H and O–H groups in total. The van der Waals surface area contributed by atoms with Crippen LogP contribution >= 0.6 is 12.6 Å². The number of nitrogens with zero attached hydrogens (tertiary/aromatic N) is 1. The Labute approximate surface area is 72.6 Å². The molecule has 0 unspecified atom stereocenters. The van der Waals surface area contributed by atoms with Crippen molar-refractivity contribution in [2.24, 2.45) is 0 Å². The van der Waals surface area contributed by atoms with E-state index in [-0.39, 0.29) is 0 Å². The van der Waals surface area contributed by atoms with E-state index in [1.54, 1.807) is 6.20 Å². The van der Waals surface area contributed by atoms with Gasteiger partial charge in [0.05, 0.1) is 5.69 Å². The minimum atomic E-state index is 0.958. The summed E-state index contributed by atoms with van der Waals surface area (Å²) < 4.78 is 0. The molecule has 0 aliphatic carbocycles. The third kappa shape index (κ3) is 2.76. The van der Waals surface area contributed by atoms with Gasteiger partial charge in [0, 0.05) is 6.20 Å². The lowest BCUT2D eigenvalue weighted by molar-refractivity contribution is 1.20. The van der Waals surface area contributed by atoms with E-state index in [0.717, 1.165) is 17.0 Å². The lowest BCUT2D eigenvalue weighted by Crippen LogP contribution is -1.77. The van der Waals surface area contributed by atoms with Gasteiger partial charge >= 0.3 is 0 Å². The number of aromatic nitrogens is 1. The molecule has 0 bridgehead atoms. The fourth-order valence-corrected chi connectivity index (χ4v) is 0.866. The summed E-state index contributed by atoms with van der Waals surface area (Å²) in [6.45, 7) is 2.07. The van der Waals surface area contributed by atoms with Crippen LogP contribution in [-0.2, 0) is 0 Å². The zero-order valence-electron chi connectivity index (χ0n) is 6.49. The minimum absolute atomic E-state index is 0.958. The molecule has 0 saturated carbocycles. The fourth-order valence-electron chi connectivity index (χ4n) is 0.734. The SMILES string of the molecule is CC/C(S)=C/c1ccccn1. The van der Waals surface area contributed by atoms with Crippen LogP contribution in [0.4, 0.5) is 0 Å². The van der Waals surface area contributed by atoms with Crippen LogP contribution in [0.5, 0.6) is 0 Å². The standard InChI is InChI=1S/C9H11NS/c1-2-9(11)7-8-5-3-4-6-10-8/h3-7,11H,2H2,1H3/b9-7-. The van der Waals surface area contributed by atoms with Crippen molar-refractivity contribution in [1.82, 2.24) is 4.98 Å². The number of pyridine rings is 1. The Bertz CT molecular complexity index is 241. The second-order valence-corrected chi connectivity index (χ2v) is 2.82. The maximum Gasteiger partial charge on any atom is 0.0637 e. The Morgan fingerprint density at radius 2 is 2.45 bits per heavy atom. The highest BCUT2D eigenvalue weighted by Crippen LogP contribution is 2.09. The summed E-state index contributed by atoms with van der Waals surface area (Å²) in [4.78, 5) is 5.20. The van der Waals surface area contributed by atoms with Gasteiger partial charge in [-0.2, -0.15) is 0 Å². The highest BCUT2D eigenvalue weighted by Gasteiger charge is 1.87. The van der Waals surface area contributed by atoms with Crippen LogP contribution in [-0.4, -0.2) is 4.98 Å². The number of hydrogen-bond acceptors (Lipinski definition) is 2. The summed E-state index contributed by atoms with van der Waals surface area (Å²) in [6, 6.07) is 5.84. The molecule has 1 nitrogen and oxygen atoms in total. The number of rotatable bonds is 2. The Kier molecular flexibility index (Phi) is 3.17. The summed E-state index contributed by atoms with van der Waals surface area (Å²) >= 11 is 4.26. The largest absolute Gasteiger partial charge is 0.257 e. The number of allylic oxidation sites excluding steroid dienone is 1. The zero-order valence-corrected chi connectivity index (χ0v) is 7.38. The predicted molar refractivity (Wildman–Crippen MR) is 51.5 cm³/mol. The van der Waals surface area contributed by atoms with Crippen molar-refractivity contribution in [3.8, 4) is 0 Å². The van der Waals surface area contributed by atoms with Crippen molar-refractivity contribution >= 4 is 18.7 Å². The zero-order chi connectivity index (χ0) is 8.10. The van der Waals surface area contributed by atoms with Gasteiger partial charge in [0.1, 0.15) is 0 Å². The van der Waals surface area contributed by atoms with Crippen LogP contribution < -0.4 is 0 Å². The molecule has 2 heteroatoms. The van der Waals surface area contributed by atoms with Crippen molar-refractivity contribution in [3.63, 3.8) is 0 Å². The third-order valence-electron chi connectivity index (χ3n) is 1.36. The normalized spacial score (nSPS) is 11.6. The number of thiol groups is 1. The molecule has 0 atom stereocenters. The minimum Gasteiger partial charge on any atom is -0.257 e. The maximum absolute atomic E-state index is 4.26. The van der Waals surface area contributed by atoms with Crippen LogP contribution in [0, 0.1) is 0 Å². The molecule has 1 heterocycles. The summed E-state index contributed by atoms with van der Waals surface area (Å²) in [6.07, 6.45) is 4.71. The van der Waals surface area contributed by atoms with E-state index in [4.69, 9.17) is 0 Å². The first-order valence-electron chi connectivity index (χ1n) is 3.63. The topological polar surface area (TPSA) is 12.9 Å². The van der Waals surface area contributed by atoms with Gasteiger partial charge in [0.2, 0.25) is 0 Å². The molecule has 0 aromatic carbocycles. The van der Waals surface area contributed by atoms with Gasteiger partial charge in [-0.3, -0.25) is 4.98 Å². The molecule has 11 heavy (non-hydrogen) atoms. The summed E-state index contributed by atoms with van der Waals surface area (Å²) in [5.41, 5.74) is 0.972. The summed E-state index contributed by atoms with van der Waals surface area (Å²) in [5.74, 6) is 0. The van der Waals surface area contributed by atoms with Crippen LogP contribution in [0.25, 0.3) is 6.08 Å². The van der Waals surface area contributed by atoms with Gasteiger partial charge in [-0.1, -0.05) is 13.0 Å². The Morgan fingerprint density at radius 3 is 3.00 bits per heavy atom. The van der Waals surface area contributed by atoms with Crippen LogP contribution in [0.1, 0.15) is 19.0 Å². The first-order valence-corrected chi connectivity index (χ1v) is 4.08. The molecule has 0 saturated heterocycles. The van der Waals surface area contributed by atoms with Gasteiger partial charge in [0.15, 0.2) is 0 Å². The van der Waals surface area contributed by atoms with E-state index in [0.29, 0.717) is 0 Å². The monoisotopic (exact) mass is 165 g/mol. The van der Waals surface area contributed by atoms with Gasteiger partial charge < -0.3 is 0 Å². The van der Waals surface area contributed by atoms with Crippen molar-refractivity contribution in [1.29, 1.82) is 0 Å². The van der Waals surface area contributed by atoms with Crippen LogP contribution in [0.3, 0.4) is 0 Å². The van der Waals surface area contributed by atoms with Gasteiger partial charge in [-0.05, 0) is 29.5 Å². The molecule has 0 amide bonds. The third-order valence-corrected chi connectivity index (χ3v) is 1.81. The molecule has 0 aliphatic heterocycles. The van der Waals surface area contributed by atoms with Gasteiger partial charge in [-0.25, -0.2) is 0 Å². The molecule has 58 valence electrons. The quantitative estimate of drug-likeness (QED) is 0.665. The van der Waals surface area contributed by atoms with Crippen LogP contribution in [0.2, 0.25) is 0 Å². The van der Waals surface area contributed by atoms with Crippen molar-refractivity contribution in [3.05, 3.63) is 35.0 Å². The molecule has 0 spiro atoms. The lowest BCUT2D eigenvalue weighted by Gasteiger charge is -1.93. The molecule has 0 aliphatic rings. The number of hydrogen-bond donors (Lipinski definition) is 1. The molecule has 1 rings (SSSR count). The highest BCUT2D eigenvalue weighted by atomic mass is 32.1.